The average Bonchev–Trinajstić information content (AvgIpc) is 2.25. The molecular formula is C13H19BrN2OS. The Morgan fingerprint density at radius 2 is 2.06 bits per heavy atom. The highest BCUT2D eigenvalue weighted by Gasteiger charge is 2.21. The van der Waals surface area contributed by atoms with Crippen molar-refractivity contribution < 1.29 is 4.79 Å². The van der Waals surface area contributed by atoms with Gasteiger partial charge in [0.15, 0.2) is 0 Å². The minimum absolute atomic E-state index is 0.0816. The van der Waals surface area contributed by atoms with Gasteiger partial charge in [-0.05, 0) is 46.1 Å². The number of nitrogens with zero attached hydrogens (tertiary/aromatic N) is 1. The van der Waals surface area contributed by atoms with Gasteiger partial charge in [0.25, 0.3) is 5.91 Å². The first kappa shape index (κ1) is 15.5. The van der Waals surface area contributed by atoms with Gasteiger partial charge in [-0.2, -0.15) is 0 Å². The van der Waals surface area contributed by atoms with Crippen LogP contribution in [0.5, 0.6) is 0 Å². The van der Waals surface area contributed by atoms with E-state index in [1.165, 1.54) is 0 Å². The van der Waals surface area contributed by atoms with Crippen molar-refractivity contribution in [1.29, 1.82) is 0 Å². The molecule has 1 N–H and O–H groups in total. The molecule has 18 heavy (non-hydrogen) atoms. The number of amides is 1. The summed E-state index contributed by atoms with van der Waals surface area (Å²) < 4.78 is 0.915. The molecule has 0 atom stereocenters. The van der Waals surface area contributed by atoms with E-state index in [1.807, 2.05) is 26.2 Å². The SMILES string of the molecule is CN(C)C(C)(C)CNC(=O)c1ccc(Br)cc1S. The molecule has 0 spiro atoms. The zero-order chi connectivity index (χ0) is 13.9. The topological polar surface area (TPSA) is 32.3 Å². The van der Waals surface area contributed by atoms with Crippen LogP contribution in [-0.2, 0) is 0 Å². The van der Waals surface area contributed by atoms with Crippen LogP contribution in [0.25, 0.3) is 0 Å². The summed E-state index contributed by atoms with van der Waals surface area (Å²) in [4.78, 5) is 14.8. The van der Waals surface area contributed by atoms with Crippen LogP contribution in [-0.4, -0.2) is 37.0 Å². The predicted octanol–water partition coefficient (Wildman–Crippen LogP) is 2.81. The highest BCUT2D eigenvalue weighted by molar-refractivity contribution is 9.10. The molecule has 0 saturated carbocycles. The molecule has 0 bridgehead atoms. The number of likely N-dealkylation sites (N-methyl/N-ethyl adjacent to an activating group) is 1. The number of nitrogens with one attached hydrogen (secondary N) is 1. The fraction of sp³-hybridized carbons (Fsp3) is 0.462. The smallest absolute Gasteiger partial charge is 0.252 e. The Labute approximate surface area is 122 Å². The van der Waals surface area contributed by atoms with Crippen LogP contribution < -0.4 is 5.32 Å². The molecule has 1 amide bonds. The highest BCUT2D eigenvalue weighted by Crippen LogP contribution is 2.20. The summed E-state index contributed by atoms with van der Waals surface area (Å²) in [6.07, 6.45) is 0. The lowest BCUT2D eigenvalue weighted by Gasteiger charge is -2.32. The van der Waals surface area contributed by atoms with E-state index in [9.17, 15) is 4.79 Å². The van der Waals surface area contributed by atoms with E-state index in [-0.39, 0.29) is 11.4 Å². The number of rotatable bonds is 4. The molecule has 0 fully saturated rings. The quantitative estimate of drug-likeness (QED) is 0.832. The first-order chi connectivity index (χ1) is 8.24. The molecule has 0 aliphatic rings. The van der Waals surface area contributed by atoms with Crippen molar-refractivity contribution in [3.63, 3.8) is 0 Å². The fourth-order valence-electron chi connectivity index (χ4n) is 1.25. The minimum Gasteiger partial charge on any atom is -0.350 e. The van der Waals surface area contributed by atoms with Gasteiger partial charge in [0.1, 0.15) is 0 Å². The standard InChI is InChI=1S/C13H19BrN2OS/c1-13(2,16(3)4)8-15-12(17)10-6-5-9(14)7-11(10)18/h5-7,18H,8H2,1-4H3,(H,15,17). The summed E-state index contributed by atoms with van der Waals surface area (Å²) in [6, 6.07) is 5.42. The Balaban J connectivity index is 2.72. The lowest BCUT2D eigenvalue weighted by molar-refractivity contribution is 0.0917. The van der Waals surface area contributed by atoms with Crippen LogP contribution in [0.4, 0.5) is 0 Å². The molecule has 0 aliphatic heterocycles. The van der Waals surface area contributed by atoms with Crippen LogP contribution in [0.15, 0.2) is 27.6 Å². The molecule has 0 unspecified atom stereocenters. The zero-order valence-corrected chi connectivity index (χ0v) is 13.6. The zero-order valence-electron chi connectivity index (χ0n) is 11.1. The van der Waals surface area contributed by atoms with Crippen molar-refractivity contribution in [2.75, 3.05) is 20.6 Å². The van der Waals surface area contributed by atoms with Gasteiger partial charge < -0.3 is 10.2 Å². The average molecular weight is 331 g/mol. The summed E-state index contributed by atoms with van der Waals surface area (Å²) in [7, 11) is 3.99. The second-order valence-corrected chi connectivity index (χ2v) is 6.45. The Morgan fingerprint density at radius 3 is 2.56 bits per heavy atom. The lowest BCUT2D eigenvalue weighted by atomic mass is 10.0. The van der Waals surface area contributed by atoms with E-state index in [4.69, 9.17) is 0 Å². The monoisotopic (exact) mass is 330 g/mol. The number of halogens is 1. The molecule has 0 heterocycles. The minimum atomic E-state index is -0.0950. The number of carbonyl (C=O) groups excluding carboxylic acids is 1. The highest BCUT2D eigenvalue weighted by atomic mass is 79.9. The Hall–Kier alpha value is -0.520. The molecular weight excluding hydrogens is 312 g/mol. The Bertz CT molecular complexity index is 447. The molecule has 0 radical (unpaired) electrons. The van der Waals surface area contributed by atoms with Crippen LogP contribution in [0, 0.1) is 0 Å². The normalized spacial score (nSPS) is 11.7. The number of hydrogen-bond acceptors (Lipinski definition) is 3. The Morgan fingerprint density at radius 1 is 1.44 bits per heavy atom. The molecule has 1 aromatic rings. The van der Waals surface area contributed by atoms with Crippen molar-refractivity contribution >= 4 is 34.5 Å². The molecule has 3 nitrogen and oxygen atoms in total. The van der Waals surface area contributed by atoms with Crippen LogP contribution >= 0.6 is 28.6 Å². The first-order valence-corrected chi connectivity index (χ1v) is 6.92. The summed E-state index contributed by atoms with van der Waals surface area (Å²) in [5.41, 5.74) is 0.512. The fourth-order valence-corrected chi connectivity index (χ4v) is 2.10. The summed E-state index contributed by atoms with van der Waals surface area (Å²) in [5.74, 6) is -0.0950. The third-order valence-electron chi connectivity index (χ3n) is 3.10. The predicted molar refractivity (Wildman–Crippen MR) is 81.5 cm³/mol. The van der Waals surface area contributed by atoms with Gasteiger partial charge in [-0.1, -0.05) is 15.9 Å². The maximum atomic E-state index is 12.1. The van der Waals surface area contributed by atoms with Gasteiger partial charge >= 0.3 is 0 Å². The van der Waals surface area contributed by atoms with E-state index < -0.39 is 0 Å². The molecule has 100 valence electrons. The van der Waals surface area contributed by atoms with Gasteiger partial charge in [0.05, 0.1) is 5.56 Å². The maximum absolute atomic E-state index is 12.1. The molecule has 0 saturated heterocycles. The van der Waals surface area contributed by atoms with Gasteiger partial charge in [-0.15, -0.1) is 12.6 Å². The van der Waals surface area contributed by atoms with Crippen LogP contribution in [0.3, 0.4) is 0 Å². The number of hydrogen-bond donors (Lipinski definition) is 2. The second-order valence-electron chi connectivity index (χ2n) is 5.05. The number of benzene rings is 1. The van der Waals surface area contributed by atoms with E-state index in [0.717, 1.165) is 4.47 Å². The summed E-state index contributed by atoms with van der Waals surface area (Å²) >= 11 is 7.66. The molecule has 0 aliphatic carbocycles. The van der Waals surface area contributed by atoms with Gasteiger partial charge in [0, 0.05) is 21.5 Å². The molecule has 1 aromatic carbocycles. The largest absolute Gasteiger partial charge is 0.350 e. The van der Waals surface area contributed by atoms with Crippen LogP contribution in [0.2, 0.25) is 0 Å². The third kappa shape index (κ3) is 4.00. The third-order valence-corrected chi connectivity index (χ3v) is 3.96. The van der Waals surface area contributed by atoms with Crippen molar-refractivity contribution in [3.05, 3.63) is 28.2 Å². The van der Waals surface area contributed by atoms with Crippen molar-refractivity contribution in [2.45, 2.75) is 24.3 Å². The molecule has 0 aromatic heterocycles. The van der Waals surface area contributed by atoms with E-state index in [0.29, 0.717) is 17.0 Å². The molecule has 5 heteroatoms. The first-order valence-electron chi connectivity index (χ1n) is 5.68. The molecule has 1 rings (SSSR count). The maximum Gasteiger partial charge on any atom is 0.252 e. The number of carbonyl (C=O) groups is 1. The lowest BCUT2D eigenvalue weighted by Crippen LogP contribution is -2.48. The number of thiol groups is 1. The van der Waals surface area contributed by atoms with E-state index in [2.05, 4.69) is 52.6 Å². The summed E-state index contributed by atoms with van der Waals surface area (Å²) in [5, 5.41) is 2.94. The Kier molecular flexibility index (Phi) is 5.25. The van der Waals surface area contributed by atoms with E-state index in [1.54, 1.807) is 6.07 Å². The van der Waals surface area contributed by atoms with Crippen molar-refractivity contribution in [2.24, 2.45) is 0 Å². The second kappa shape index (κ2) is 6.08. The van der Waals surface area contributed by atoms with Gasteiger partial charge in [-0.3, -0.25) is 4.79 Å². The summed E-state index contributed by atoms with van der Waals surface area (Å²) in [6.45, 7) is 4.75. The van der Waals surface area contributed by atoms with E-state index >= 15 is 0 Å². The van der Waals surface area contributed by atoms with Crippen molar-refractivity contribution in [3.8, 4) is 0 Å². The van der Waals surface area contributed by atoms with Gasteiger partial charge in [-0.25, -0.2) is 0 Å². The van der Waals surface area contributed by atoms with Gasteiger partial charge in [0.2, 0.25) is 0 Å². The van der Waals surface area contributed by atoms with Crippen molar-refractivity contribution in [1.82, 2.24) is 10.2 Å². The van der Waals surface area contributed by atoms with Crippen LogP contribution in [0.1, 0.15) is 24.2 Å².